The Kier molecular flexibility index (Phi) is 4.00. The molecule has 0 bridgehead atoms. The van der Waals surface area contributed by atoms with Gasteiger partial charge < -0.3 is 19.7 Å². The lowest BCUT2D eigenvalue weighted by atomic mass is 10.4. The van der Waals surface area contributed by atoms with Crippen molar-refractivity contribution in [2.24, 2.45) is 7.05 Å². The third kappa shape index (κ3) is 3.10. The zero-order valence-corrected chi connectivity index (χ0v) is 8.06. The number of aryl methyl sites for hydroxylation is 1. The van der Waals surface area contributed by atoms with Crippen LogP contribution in [0.25, 0.3) is 0 Å². The molecular formula is C9H14N2O3. The van der Waals surface area contributed by atoms with Gasteiger partial charge in [-0.25, -0.2) is 4.79 Å². The summed E-state index contributed by atoms with van der Waals surface area (Å²) >= 11 is 0. The molecule has 1 aromatic rings. The lowest BCUT2D eigenvalue weighted by Crippen LogP contribution is -2.25. The summed E-state index contributed by atoms with van der Waals surface area (Å²) in [5, 5.41) is 11.0. The fraction of sp³-hybridized carbons (Fsp3) is 0.444. The molecule has 0 aliphatic heterocycles. The molecule has 0 fully saturated rings. The Morgan fingerprint density at radius 3 is 3.07 bits per heavy atom. The highest BCUT2D eigenvalue weighted by molar-refractivity contribution is 5.67. The molecule has 5 nitrogen and oxygen atoms in total. The highest BCUT2D eigenvalue weighted by Crippen LogP contribution is 1.98. The van der Waals surface area contributed by atoms with Gasteiger partial charge in [0.25, 0.3) is 0 Å². The number of nitrogens with one attached hydrogen (secondary N) is 1. The summed E-state index contributed by atoms with van der Waals surface area (Å²) < 4.78 is 6.53. The van der Waals surface area contributed by atoms with Gasteiger partial charge in [-0.3, -0.25) is 0 Å². The maximum Gasteiger partial charge on any atom is 0.407 e. The van der Waals surface area contributed by atoms with Crippen molar-refractivity contribution in [2.45, 2.75) is 6.54 Å². The highest BCUT2D eigenvalue weighted by atomic mass is 16.6. The second-order valence-electron chi connectivity index (χ2n) is 2.82. The van der Waals surface area contributed by atoms with Crippen LogP contribution < -0.4 is 5.32 Å². The van der Waals surface area contributed by atoms with E-state index in [4.69, 9.17) is 5.11 Å². The van der Waals surface area contributed by atoms with Crippen LogP contribution in [0.3, 0.4) is 0 Å². The van der Waals surface area contributed by atoms with Crippen LogP contribution in [0.4, 0.5) is 4.79 Å². The number of nitrogens with zero attached hydrogens (tertiary/aromatic N) is 1. The molecule has 0 radical (unpaired) electrons. The first kappa shape index (κ1) is 10.6. The third-order valence-corrected chi connectivity index (χ3v) is 1.79. The first-order chi connectivity index (χ1) is 6.74. The van der Waals surface area contributed by atoms with Crippen LogP contribution >= 0.6 is 0 Å². The lowest BCUT2D eigenvalue weighted by Gasteiger charge is -2.06. The molecule has 5 heteroatoms. The van der Waals surface area contributed by atoms with Crippen LogP contribution in [0.2, 0.25) is 0 Å². The van der Waals surface area contributed by atoms with E-state index in [1.807, 2.05) is 29.9 Å². The molecule has 1 heterocycles. The first-order valence-electron chi connectivity index (χ1n) is 4.35. The largest absolute Gasteiger partial charge is 0.447 e. The molecule has 1 amide bonds. The zero-order chi connectivity index (χ0) is 10.4. The Bertz CT molecular complexity index is 296. The molecule has 0 atom stereocenters. The Labute approximate surface area is 82.3 Å². The molecule has 0 aliphatic rings. The number of carbonyl (C=O) groups excluding carboxylic acids is 1. The van der Waals surface area contributed by atoms with E-state index in [1.165, 1.54) is 0 Å². The second kappa shape index (κ2) is 5.29. The first-order valence-corrected chi connectivity index (χ1v) is 4.35. The van der Waals surface area contributed by atoms with E-state index in [1.54, 1.807) is 0 Å². The van der Waals surface area contributed by atoms with Gasteiger partial charge in [0.05, 0.1) is 13.2 Å². The van der Waals surface area contributed by atoms with E-state index in [0.29, 0.717) is 6.54 Å². The number of hydrogen-bond donors (Lipinski definition) is 2. The smallest absolute Gasteiger partial charge is 0.407 e. The average molecular weight is 198 g/mol. The van der Waals surface area contributed by atoms with Gasteiger partial charge in [-0.15, -0.1) is 0 Å². The molecule has 1 rings (SSSR count). The van der Waals surface area contributed by atoms with Gasteiger partial charge in [-0.2, -0.15) is 0 Å². The summed E-state index contributed by atoms with van der Waals surface area (Å²) in [5.74, 6) is 0. The molecule has 14 heavy (non-hydrogen) atoms. The predicted molar refractivity (Wildman–Crippen MR) is 50.7 cm³/mol. The fourth-order valence-corrected chi connectivity index (χ4v) is 1.03. The van der Waals surface area contributed by atoms with Crippen LogP contribution in [0.1, 0.15) is 5.69 Å². The van der Waals surface area contributed by atoms with Crippen LogP contribution in [-0.4, -0.2) is 29.0 Å². The average Bonchev–Trinajstić information content (AvgIpc) is 2.58. The van der Waals surface area contributed by atoms with E-state index >= 15 is 0 Å². The second-order valence-corrected chi connectivity index (χ2v) is 2.82. The molecule has 0 saturated carbocycles. The van der Waals surface area contributed by atoms with E-state index in [0.717, 1.165) is 5.69 Å². The molecule has 0 unspecified atom stereocenters. The number of aliphatic hydroxyl groups is 1. The van der Waals surface area contributed by atoms with Gasteiger partial charge in [-0.1, -0.05) is 0 Å². The van der Waals surface area contributed by atoms with Gasteiger partial charge in [0.15, 0.2) is 0 Å². The number of hydrogen-bond acceptors (Lipinski definition) is 3. The summed E-state index contributed by atoms with van der Waals surface area (Å²) in [4.78, 5) is 11.0. The summed E-state index contributed by atoms with van der Waals surface area (Å²) in [6, 6.07) is 3.81. The van der Waals surface area contributed by atoms with Crippen molar-refractivity contribution in [3.05, 3.63) is 24.0 Å². The number of alkyl carbamates (subject to hydrolysis) is 1. The standard InChI is InChI=1S/C9H14N2O3/c1-11-4-2-3-8(11)7-10-9(13)14-6-5-12/h2-4,12H,5-7H2,1H3,(H,10,13). The van der Waals surface area contributed by atoms with Crippen LogP contribution in [-0.2, 0) is 18.3 Å². The molecule has 0 saturated heterocycles. The third-order valence-electron chi connectivity index (χ3n) is 1.79. The number of aliphatic hydroxyl groups excluding tert-OH is 1. The van der Waals surface area contributed by atoms with E-state index in [2.05, 4.69) is 10.1 Å². The van der Waals surface area contributed by atoms with E-state index in [9.17, 15) is 4.79 Å². The molecular weight excluding hydrogens is 184 g/mol. The van der Waals surface area contributed by atoms with Crippen LogP contribution in [0.5, 0.6) is 0 Å². The van der Waals surface area contributed by atoms with Gasteiger partial charge in [-0.05, 0) is 12.1 Å². The van der Waals surface area contributed by atoms with Crippen molar-refractivity contribution in [1.29, 1.82) is 0 Å². The highest BCUT2D eigenvalue weighted by Gasteiger charge is 2.02. The number of carbonyl (C=O) groups is 1. The molecule has 0 spiro atoms. The van der Waals surface area contributed by atoms with Crippen LogP contribution in [0, 0.1) is 0 Å². The summed E-state index contributed by atoms with van der Waals surface area (Å²) in [5.41, 5.74) is 0.992. The SMILES string of the molecule is Cn1cccc1CNC(=O)OCCO. The summed E-state index contributed by atoms with van der Waals surface area (Å²) in [7, 11) is 1.90. The van der Waals surface area contributed by atoms with Crippen LogP contribution in [0.15, 0.2) is 18.3 Å². The maximum absolute atomic E-state index is 11.0. The minimum Gasteiger partial charge on any atom is -0.447 e. The number of amides is 1. The summed E-state index contributed by atoms with van der Waals surface area (Å²) in [6.45, 7) is 0.296. The van der Waals surface area contributed by atoms with Crippen molar-refractivity contribution in [1.82, 2.24) is 9.88 Å². The number of aromatic nitrogens is 1. The van der Waals surface area contributed by atoms with Gasteiger partial charge in [0, 0.05) is 18.9 Å². The maximum atomic E-state index is 11.0. The molecule has 78 valence electrons. The molecule has 1 aromatic heterocycles. The number of rotatable bonds is 4. The minimum atomic E-state index is -0.514. The predicted octanol–water partition coefficient (Wildman–Crippen LogP) is 0.244. The Morgan fingerprint density at radius 2 is 2.50 bits per heavy atom. The molecule has 0 aliphatic carbocycles. The van der Waals surface area contributed by atoms with Crippen molar-refractivity contribution in [3.63, 3.8) is 0 Å². The normalized spacial score (nSPS) is 9.86. The van der Waals surface area contributed by atoms with Crippen molar-refractivity contribution < 1.29 is 14.6 Å². The van der Waals surface area contributed by atoms with Crippen molar-refractivity contribution in [2.75, 3.05) is 13.2 Å². The fourth-order valence-electron chi connectivity index (χ4n) is 1.03. The Morgan fingerprint density at radius 1 is 1.71 bits per heavy atom. The Hall–Kier alpha value is -1.49. The van der Waals surface area contributed by atoms with E-state index in [-0.39, 0.29) is 13.2 Å². The zero-order valence-electron chi connectivity index (χ0n) is 8.06. The van der Waals surface area contributed by atoms with Gasteiger partial charge in [0.1, 0.15) is 6.61 Å². The van der Waals surface area contributed by atoms with Crippen molar-refractivity contribution >= 4 is 6.09 Å². The minimum absolute atomic E-state index is 0.0268. The monoisotopic (exact) mass is 198 g/mol. The lowest BCUT2D eigenvalue weighted by molar-refractivity contribution is 0.118. The summed E-state index contributed by atoms with van der Waals surface area (Å²) in [6.07, 6.45) is 1.39. The quantitative estimate of drug-likeness (QED) is 0.728. The topological polar surface area (TPSA) is 63.5 Å². The Balaban J connectivity index is 2.27. The van der Waals surface area contributed by atoms with Gasteiger partial charge >= 0.3 is 6.09 Å². The van der Waals surface area contributed by atoms with Crippen molar-refractivity contribution in [3.8, 4) is 0 Å². The molecule has 2 N–H and O–H groups in total. The van der Waals surface area contributed by atoms with E-state index < -0.39 is 6.09 Å². The number of ether oxygens (including phenoxy) is 1. The molecule has 0 aromatic carbocycles. The van der Waals surface area contributed by atoms with Gasteiger partial charge in [0.2, 0.25) is 0 Å².